The fourth-order valence-corrected chi connectivity index (χ4v) is 1.89. The molecular formula is C12H10F2N2O4. The normalized spacial score (nSPS) is 18.3. The number of carboxylic acids is 1. The van der Waals surface area contributed by atoms with Crippen molar-refractivity contribution in [2.75, 3.05) is 4.90 Å². The minimum Gasteiger partial charge on any atom is -0.481 e. The first-order valence-electron chi connectivity index (χ1n) is 5.71. The van der Waals surface area contributed by atoms with Crippen LogP contribution in [0.1, 0.15) is 12.8 Å². The first-order chi connectivity index (χ1) is 9.40. The van der Waals surface area contributed by atoms with Crippen LogP contribution in [0.4, 0.5) is 19.3 Å². The number of rotatable bonds is 4. The number of nitrogens with zero attached hydrogens (tertiary/aromatic N) is 1. The Kier molecular flexibility index (Phi) is 3.64. The van der Waals surface area contributed by atoms with E-state index in [1.807, 2.05) is 0 Å². The third-order valence-electron chi connectivity index (χ3n) is 2.82. The molecule has 0 unspecified atom stereocenters. The largest absolute Gasteiger partial charge is 0.481 e. The molecule has 2 N–H and O–H groups in total. The molecule has 6 nitrogen and oxygen atoms in total. The lowest BCUT2D eigenvalue weighted by molar-refractivity contribution is -0.137. The first kappa shape index (κ1) is 13.9. The Balaban J connectivity index is 2.22. The summed E-state index contributed by atoms with van der Waals surface area (Å²) in [6, 6.07) is 0.560. The number of nitrogens with one attached hydrogen (secondary N) is 1. The van der Waals surface area contributed by atoms with Crippen LogP contribution < -0.4 is 10.2 Å². The lowest BCUT2D eigenvalue weighted by Gasteiger charge is -2.13. The van der Waals surface area contributed by atoms with Gasteiger partial charge in [0.1, 0.15) is 17.7 Å². The first-order valence-corrected chi connectivity index (χ1v) is 5.71. The molecule has 0 spiro atoms. The van der Waals surface area contributed by atoms with Gasteiger partial charge in [-0.15, -0.1) is 0 Å². The van der Waals surface area contributed by atoms with Crippen LogP contribution in [0.2, 0.25) is 0 Å². The molecule has 3 amide bonds. The second kappa shape index (κ2) is 5.24. The van der Waals surface area contributed by atoms with E-state index in [1.54, 1.807) is 0 Å². The topological polar surface area (TPSA) is 86.7 Å². The predicted molar refractivity (Wildman–Crippen MR) is 63.0 cm³/mol. The number of anilines is 1. The number of hydrogen-bond acceptors (Lipinski definition) is 3. The van der Waals surface area contributed by atoms with Crippen LogP contribution in [0.5, 0.6) is 0 Å². The smallest absolute Gasteiger partial charge is 0.329 e. The molecule has 1 aliphatic heterocycles. The molecule has 106 valence electrons. The van der Waals surface area contributed by atoms with Gasteiger partial charge in [-0.1, -0.05) is 0 Å². The SMILES string of the molecule is O=C(O)CC[C@H]1NC(=O)N(c2ccc(F)cc2F)C1=O. The Morgan fingerprint density at radius 1 is 1.35 bits per heavy atom. The van der Waals surface area contributed by atoms with Crippen LogP contribution in [0.3, 0.4) is 0 Å². The fraction of sp³-hybridized carbons (Fsp3) is 0.250. The van der Waals surface area contributed by atoms with E-state index < -0.39 is 35.6 Å². The molecule has 1 saturated heterocycles. The van der Waals surface area contributed by atoms with Gasteiger partial charge < -0.3 is 10.4 Å². The number of benzene rings is 1. The molecule has 1 aromatic carbocycles. The van der Waals surface area contributed by atoms with Gasteiger partial charge in [0, 0.05) is 12.5 Å². The van der Waals surface area contributed by atoms with E-state index in [4.69, 9.17) is 5.11 Å². The summed E-state index contributed by atoms with van der Waals surface area (Å²) in [5, 5.41) is 10.8. The second-order valence-electron chi connectivity index (χ2n) is 4.20. The van der Waals surface area contributed by atoms with E-state index >= 15 is 0 Å². The van der Waals surface area contributed by atoms with Crippen LogP contribution in [-0.2, 0) is 9.59 Å². The van der Waals surface area contributed by atoms with Crippen molar-refractivity contribution in [3.8, 4) is 0 Å². The lowest BCUT2D eigenvalue weighted by Crippen LogP contribution is -2.32. The van der Waals surface area contributed by atoms with Crippen LogP contribution in [0.15, 0.2) is 18.2 Å². The molecule has 1 heterocycles. The third-order valence-corrected chi connectivity index (χ3v) is 2.82. The van der Waals surface area contributed by atoms with Crippen LogP contribution >= 0.6 is 0 Å². The maximum Gasteiger partial charge on any atom is 0.329 e. The number of halogens is 2. The quantitative estimate of drug-likeness (QED) is 0.815. The minimum absolute atomic E-state index is 0.0980. The van der Waals surface area contributed by atoms with Crippen LogP contribution in [0, 0.1) is 11.6 Å². The third kappa shape index (κ3) is 2.58. The Bertz CT molecular complexity index is 591. The summed E-state index contributed by atoms with van der Waals surface area (Å²) in [7, 11) is 0. The Morgan fingerprint density at radius 2 is 2.05 bits per heavy atom. The van der Waals surface area contributed by atoms with Crippen LogP contribution in [-0.4, -0.2) is 29.1 Å². The highest BCUT2D eigenvalue weighted by molar-refractivity contribution is 6.21. The van der Waals surface area contributed by atoms with Gasteiger partial charge in [-0.25, -0.2) is 18.5 Å². The number of urea groups is 1. The number of imide groups is 1. The summed E-state index contributed by atoms with van der Waals surface area (Å²) in [5.41, 5.74) is -0.369. The van der Waals surface area contributed by atoms with Crippen molar-refractivity contribution in [1.82, 2.24) is 5.32 Å². The fourth-order valence-electron chi connectivity index (χ4n) is 1.89. The van der Waals surface area contributed by atoms with E-state index in [2.05, 4.69) is 5.32 Å². The second-order valence-corrected chi connectivity index (χ2v) is 4.20. The standard InChI is InChI=1S/C12H10F2N2O4/c13-6-1-3-9(7(14)5-6)16-11(19)8(15-12(16)20)2-4-10(17)18/h1,3,5,8H,2,4H2,(H,15,20)(H,17,18)/t8-/m1/s1. The predicted octanol–water partition coefficient (Wildman–Crippen LogP) is 1.25. The summed E-state index contributed by atoms with van der Waals surface area (Å²) < 4.78 is 26.4. The minimum atomic E-state index is -1.11. The van der Waals surface area contributed by atoms with Crippen molar-refractivity contribution >= 4 is 23.6 Å². The zero-order valence-electron chi connectivity index (χ0n) is 10.1. The molecule has 1 atom stereocenters. The maximum atomic E-state index is 13.6. The molecule has 1 aliphatic rings. The highest BCUT2D eigenvalue weighted by Gasteiger charge is 2.40. The Morgan fingerprint density at radius 3 is 2.65 bits per heavy atom. The van der Waals surface area contributed by atoms with Crippen LogP contribution in [0.25, 0.3) is 0 Å². The van der Waals surface area contributed by atoms with Crippen molar-refractivity contribution < 1.29 is 28.3 Å². The van der Waals surface area contributed by atoms with Gasteiger partial charge in [-0.2, -0.15) is 0 Å². The van der Waals surface area contributed by atoms with Crippen molar-refractivity contribution in [3.05, 3.63) is 29.8 Å². The van der Waals surface area contributed by atoms with Gasteiger partial charge in [-0.05, 0) is 18.6 Å². The summed E-state index contributed by atoms with van der Waals surface area (Å²) in [6.45, 7) is 0. The molecule has 0 bridgehead atoms. The van der Waals surface area contributed by atoms with Crippen molar-refractivity contribution in [2.24, 2.45) is 0 Å². The van der Waals surface area contributed by atoms with Crippen molar-refractivity contribution in [2.45, 2.75) is 18.9 Å². The van der Waals surface area contributed by atoms with Gasteiger partial charge in [-0.3, -0.25) is 9.59 Å². The number of aliphatic carboxylic acids is 1. The Labute approximate surface area is 112 Å². The Hall–Kier alpha value is -2.51. The zero-order valence-corrected chi connectivity index (χ0v) is 10.1. The lowest BCUT2D eigenvalue weighted by atomic mass is 10.1. The molecular weight excluding hydrogens is 274 g/mol. The monoisotopic (exact) mass is 284 g/mol. The van der Waals surface area contributed by atoms with Gasteiger partial charge in [0.05, 0.1) is 5.69 Å². The van der Waals surface area contributed by atoms with Gasteiger partial charge in [0.15, 0.2) is 0 Å². The maximum absolute atomic E-state index is 13.6. The zero-order chi connectivity index (χ0) is 14.9. The van der Waals surface area contributed by atoms with Crippen molar-refractivity contribution in [3.63, 3.8) is 0 Å². The van der Waals surface area contributed by atoms with Gasteiger partial charge in [0.25, 0.3) is 5.91 Å². The number of amides is 3. The van der Waals surface area contributed by atoms with Crippen molar-refractivity contribution in [1.29, 1.82) is 0 Å². The molecule has 0 aliphatic carbocycles. The number of carboxylic acid groups (broad SMARTS) is 1. The molecule has 8 heteroatoms. The number of carbonyl (C=O) groups is 3. The van der Waals surface area contributed by atoms with E-state index in [0.29, 0.717) is 11.0 Å². The molecule has 2 rings (SSSR count). The average molecular weight is 284 g/mol. The number of hydrogen-bond donors (Lipinski definition) is 2. The molecule has 1 fully saturated rings. The summed E-state index contributed by atoms with van der Waals surface area (Å²) in [6.07, 6.45) is -0.407. The highest BCUT2D eigenvalue weighted by atomic mass is 19.1. The van der Waals surface area contributed by atoms with E-state index in [0.717, 1.165) is 12.1 Å². The number of carbonyl (C=O) groups excluding carboxylic acids is 2. The highest BCUT2D eigenvalue weighted by Crippen LogP contribution is 2.24. The van der Waals surface area contributed by atoms with E-state index in [9.17, 15) is 23.2 Å². The van der Waals surface area contributed by atoms with Gasteiger partial charge in [0.2, 0.25) is 0 Å². The molecule has 20 heavy (non-hydrogen) atoms. The molecule has 0 aromatic heterocycles. The van der Waals surface area contributed by atoms with E-state index in [-0.39, 0.29) is 18.5 Å². The molecule has 1 aromatic rings. The molecule has 0 saturated carbocycles. The summed E-state index contributed by atoms with van der Waals surface area (Å²) in [4.78, 5) is 34.6. The van der Waals surface area contributed by atoms with Gasteiger partial charge >= 0.3 is 12.0 Å². The summed E-state index contributed by atoms with van der Waals surface area (Å²) in [5.74, 6) is -3.76. The average Bonchev–Trinajstić information content (AvgIpc) is 2.63. The summed E-state index contributed by atoms with van der Waals surface area (Å²) >= 11 is 0. The van der Waals surface area contributed by atoms with E-state index in [1.165, 1.54) is 0 Å². The molecule has 0 radical (unpaired) electrons.